The van der Waals surface area contributed by atoms with E-state index >= 15 is 0 Å². The predicted molar refractivity (Wildman–Crippen MR) is 116 cm³/mol. The number of hydrogen-bond donors (Lipinski definition) is 2. The van der Waals surface area contributed by atoms with E-state index in [1.807, 2.05) is 26.2 Å². The maximum Gasteiger partial charge on any atom is 0.230 e. The normalized spacial score (nSPS) is 14.8. The molecular formula is C20H25ClN8. The molecule has 1 saturated heterocycles. The highest BCUT2D eigenvalue weighted by atomic mass is 35.5. The summed E-state index contributed by atoms with van der Waals surface area (Å²) in [7, 11) is 1.90. The van der Waals surface area contributed by atoms with Crippen LogP contribution in [0.5, 0.6) is 0 Å². The van der Waals surface area contributed by atoms with Crippen molar-refractivity contribution >= 4 is 35.0 Å². The second-order valence-electron chi connectivity index (χ2n) is 7.41. The summed E-state index contributed by atoms with van der Waals surface area (Å²) in [6.45, 7) is 5.92. The first kappa shape index (κ1) is 19.4. The van der Waals surface area contributed by atoms with Gasteiger partial charge in [0, 0.05) is 44.1 Å². The van der Waals surface area contributed by atoms with Crippen molar-refractivity contribution < 1.29 is 0 Å². The molecule has 0 unspecified atom stereocenters. The second kappa shape index (κ2) is 8.24. The van der Waals surface area contributed by atoms with Gasteiger partial charge in [0.15, 0.2) is 11.6 Å². The zero-order valence-electron chi connectivity index (χ0n) is 16.9. The van der Waals surface area contributed by atoms with Crippen LogP contribution in [0.25, 0.3) is 0 Å². The van der Waals surface area contributed by atoms with Crippen LogP contribution < -0.4 is 15.5 Å². The average molecular weight is 413 g/mol. The SMILES string of the molecule is Cc1ccc(N2CCC(Nc3nc(Nc4cc(C)n(C)n4)ncc3Cl)CC2)nc1. The number of pyridine rings is 1. The Balaban J connectivity index is 1.38. The molecule has 3 aromatic heterocycles. The number of piperidine rings is 1. The zero-order valence-corrected chi connectivity index (χ0v) is 17.6. The number of rotatable bonds is 5. The standard InChI is InChI=1S/C20H25ClN8/c1-13-4-5-18(22-11-13)29-8-6-15(7-9-29)24-19-16(21)12-23-20(26-19)25-17-10-14(2)28(3)27-17/h4-5,10-12,15H,6-9H2,1-3H3,(H2,23,24,25,26,27). The van der Waals surface area contributed by atoms with E-state index in [1.165, 1.54) is 5.56 Å². The summed E-state index contributed by atoms with van der Waals surface area (Å²) in [5.74, 6) is 2.85. The smallest absolute Gasteiger partial charge is 0.230 e. The molecule has 4 rings (SSSR count). The van der Waals surface area contributed by atoms with Crippen LogP contribution in [0.1, 0.15) is 24.1 Å². The Kier molecular flexibility index (Phi) is 5.53. The third-order valence-corrected chi connectivity index (χ3v) is 5.43. The van der Waals surface area contributed by atoms with Crippen molar-refractivity contribution in [3.8, 4) is 0 Å². The fourth-order valence-corrected chi connectivity index (χ4v) is 3.50. The van der Waals surface area contributed by atoms with E-state index < -0.39 is 0 Å². The molecule has 0 atom stereocenters. The first-order chi connectivity index (χ1) is 14.0. The van der Waals surface area contributed by atoms with Gasteiger partial charge in [-0.3, -0.25) is 4.68 Å². The molecular weight excluding hydrogens is 388 g/mol. The number of nitrogens with one attached hydrogen (secondary N) is 2. The third-order valence-electron chi connectivity index (χ3n) is 5.15. The van der Waals surface area contributed by atoms with Gasteiger partial charge >= 0.3 is 0 Å². The van der Waals surface area contributed by atoms with Crippen LogP contribution in [0, 0.1) is 13.8 Å². The summed E-state index contributed by atoms with van der Waals surface area (Å²) in [5.41, 5.74) is 2.23. The van der Waals surface area contributed by atoms with E-state index in [4.69, 9.17) is 11.6 Å². The summed E-state index contributed by atoms with van der Waals surface area (Å²) < 4.78 is 1.80. The lowest BCUT2D eigenvalue weighted by atomic mass is 10.0. The van der Waals surface area contributed by atoms with Gasteiger partial charge in [-0.25, -0.2) is 9.97 Å². The fourth-order valence-electron chi connectivity index (χ4n) is 3.36. The molecule has 9 heteroatoms. The molecule has 4 heterocycles. The Morgan fingerprint density at radius 1 is 1.10 bits per heavy atom. The van der Waals surface area contributed by atoms with Crippen LogP contribution in [0.15, 0.2) is 30.6 Å². The van der Waals surface area contributed by atoms with Crippen LogP contribution in [-0.2, 0) is 7.05 Å². The lowest BCUT2D eigenvalue weighted by molar-refractivity contribution is 0.522. The summed E-state index contributed by atoms with van der Waals surface area (Å²) in [5, 5.41) is 11.5. The molecule has 152 valence electrons. The molecule has 0 bridgehead atoms. The lowest BCUT2D eigenvalue weighted by Gasteiger charge is -2.33. The van der Waals surface area contributed by atoms with Gasteiger partial charge in [-0.2, -0.15) is 10.1 Å². The second-order valence-corrected chi connectivity index (χ2v) is 7.82. The summed E-state index contributed by atoms with van der Waals surface area (Å²) in [6, 6.07) is 6.43. The van der Waals surface area contributed by atoms with E-state index in [9.17, 15) is 0 Å². The largest absolute Gasteiger partial charge is 0.366 e. The Morgan fingerprint density at radius 3 is 2.55 bits per heavy atom. The first-order valence-corrected chi connectivity index (χ1v) is 10.1. The number of nitrogens with zero attached hydrogens (tertiary/aromatic N) is 6. The molecule has 3 aromatic rings. The van der Waals surface area contributed by atoms with Gasteiger partial charge in [0.2, 0.25) is 5.95 Å². The van der Waals surface area contributed by atoms with Crippen LogP contribution in [0.4, 0.5) is 23.4 Å². The Morgan fingerprint density at radius 2 is 1.90 bits per heavy atom. The molecule has 1 aliphatic heterocycles. The quantitative estimate of drug-likeness (QED) is 0.660. The highest BCUT2D eigenvalue weighted by Crippen LogP contribution is 2.25. The number of halogens is 1. The minimum Gasteiger partial charge on any atom is -0.366 e. The van der Waals surface area contributed by atoms with E-state index in [0.29, 0.717) is 28.6 Å². The Labute approximate surface area is 175 Å². The molecule has 0 aliphatic carbocycles. The minimum atomic E-state index is 0.300. The van der Waals surface area contributed by atoms with E-state index in [1.54, 1.807) is 10.9 Å². The highest BCUT2D eigenvalue weighted by Gasteiger charge is 2.21. The van der Waals surface area contributed by atoms with Crippen LogP contribution in [0.2, 0.25) is 5.02 Å². The van der Waals surface area contributed by atoms with Crippen molar-refractivity contribution in [1.82, 2.24) is 24.7 Å². The molecule has 0 amide bonds. The lowest BCUT2D eigenvalue weighted by Crippen LogP contribution is -2.39. The third kappa shape index (κ3) is 4.59. The van der Waals surface area contributed by atoms with Crippen LogP contribution >= 0.6 is 11.6 Å². The van der Waals surface area contributed by atoms with Crippen molar-refractivity contribution in [2.24, 2.45) is 7.05 Å². The highest BCUT2D eigenvalue weighted by molar-refractivity contribution is 6.32. The number of anilines is 4. The molecule has 8 nitrogen and oxygen atoms in total. The topological polar surface area (TPSA) is 83.8 Å². The molecule has 29 heavy (non-hydrogen) atoms. The van der Waals surface area contributed by atoms with Crippen LogP contribution in [-0.4, -0.2) is 43.9 Å². The van der Waals surface area contributed by atoms with E-state index in [0.717, 1.165) is 37.4 Å². The molecule has 1 fully saturated rings. The molecule has 0 radical (unpaired) electrons. The minimum absolute atomic E-state index is 0.300. The van der Waals surface area contributed by atoms with Gasteiger partial charge in [0.05, 0.1) is 6.20 Å². The maximum absolute atomic E-state index is 6.33. The molecule has 2 N–H and O–H groups in total. The van der Waals surface area contributed by atoms with Crippen molar-refractivity contribution in [2.45, 2.75) is 32.7 Å². The molecule has 0 spiro atoms. The Hall–Kier alpha value is -2.87. The first-order valence-electron chi connectivity index (χ1n) is 9.72. The monoisotopic (exact) mass is 412 g/mol. The number of aromatic nitrogens is 5. The van der Waals surface area contributed by atoms with Gasteiger partial charge < -0.3 is 15.5 Å². The predicted octanol–water partition coefficient (Wildman–Crippen LogP) is 3.70. The number of hydrogen-bond acceptors (Lipinski definition) is 7. The molecule has 0 saturated carbocycles. The van der Waals surface area contributed by atoms with Crippen molar-refractivity contribution in [3.05, 3.63) is 46.9 Å². The number of aryl methyl sites for hydroxylation is 3. The zero-order chi connectivity index (χ0) is 20.4. The van der Waals surface area contributed by atoms with E-state index in [2.05, 4.69) is 54.6 Å². The van der Waals surface area contributed by atoms with Crippen molar-refractivity contribution in [2.75, 3.05) is 28.6 Å². The molecule has 1 aliphatic rings. The molecule has 0 aromatic carbocycles. The van der Waals surface area contributed by atoms with Crippen LogP contribution in [0.3, 0.4) is 0 Å². The van der Waals surface area contributed by atoms with Gasteiger partial charge in [0.1, 0.15) is 10.8 Å². The van der Waals surface area contributed by atoms with Crippen molar-refractivity contribution in [3.63, 3.8) is 0 Å². The van der Waals surface area contributed by atoms with Gasteiger partial charge in [-0.15, -0.1) is 0 Å². The van der Waals surface area contributed by atoms with Gasteiger partial charge in [0.25, 0.3) is 0 Å². The summed E-state index contributed by atoms with van der Waals surface area (Å²) >= 11 is 6.33. The summed E-state index contributed by atoms with van der Waals surface area (Å²) in [4.78, 5) is 15.7. The fraction of sp³-hybridized carbons (Fsp3) is 0.400. The maximum atomic E-state index is 6.33. The van der Waals surface area contributed by atoms with Gasteiger partial charge in [-0.1, -0.05) is 17.7 Å². The van der Waals surface area contributed by atoms with Crippen molar-refractivity contribution in [1.29, 1.82) is 0 Å². The summed E-state index contributed by atoms with van der Waals surface area (Å²) in [6.07, 6.45) is 5.49. The van der Waals surface area contributed by atoms with E-state index in [-0.39, 0.29) is 0 Å². The average Bonchev–Trinajstić information content (AvgIpc) is 3.03. The Bertz CT molecular complexity index is 957. The van der Waals surface area contributed by atoms with Gasteiger partial charge in [-0.05, 0) is 38.3 Å².